The van der Waals surface area contributed by atoms with Crippen LogP contribution in [0.5, 0.6) is 0 Å². The van der Waals surface area contributed by atoms with Crippen molar-refractivity contribution in [2.75, 3.05) is 11.1 Å². The van der Waals surface area contributed by atoms with Crippen LogP contribution in [0, 0.1) is 0 Å². The van der Waals surface area contributed by atoms with Gasteiger partial charge in [0.15, 0.2) is 0 Å². The Morgan fingerprint density at radius 3 is 2.36 bits per heavy atom. The van der Waals surface area contributed by atoms with Gasteiger partial charge in [0.05, 0.1) is 5.75 Å². The maximum absolute atomic E-state index is 11.8. The Morgan fingerprint density at radius 2 is 1.73 bits per heavy atom. The van der Waals surface area contributed by atoms with Gasteiger partial charge < -0.3 is 4.74 Å². The largest absolute Gasteiger partial charge is 0.441 e. The molecular formula is C17H15NO3S. The number of ether oxygens (including phenoxy) is 1. The predicted molar refractivity (Wildman–Crippen MR) is 87.9 cm³/mol. The SMILES string of the molecule is O=C(Nc1ccc(-c2ccccc2)cc1)OC1C=CS(=O)C1. The van der Waals surface area contributed by atoms with Crippen molar-refractivity contribution >= 4 is 22.6 Å². The Hall–Kier alpha value is -2.40. The van der Waals surface area contributed by atoms with E-state index in [0.29, 0.717) is 11.4 Å². The average Bonchev–Trinajstić information content (AvgIpc) is 2.94. The lowest BCUT2D eigenvalue weighted by Crippen LogP contribution is -2.22. The van der Waals surface area contributed by atoms with Crippen molar-refractivity contribution in [3.05, 3.63) is 66.1 Å². The topological polar surface area (TPSA) is 55.4 Å². The van der Waals surface area contributed by atoms with E-state index in [1.54, 1.807) is 11.5 Å². The van der Waals surface area contributed by atoms with Gasteiger partial charge in [0.2, 0.25) is 0 Å². The van der Waals surface area contributed by atoms with Gasteiger partial charge in [-0.2, -0.15) is 0 Å². The van der Waals surface area contributed by atoms with Gasteiger partial charge in [0, 0.05) is 21.9 Å². The smallest absolute Gasteiger partial charge is 0.412 e. The van der Waals surface area contributed by atoms with Crippen molar-refractivity contribution in [3.8, 4) is 11.1 Å². The summed E-state index contributed by atoms with van der Waals surface area (Å²) >= 11 is 0. The Bertz CT molecular complexity index is 710. The van der Waals surface area contributed by atoms with Crippen molar-refractivity contribution in [3.63, 3.8) is 0 Å². The van der Waals surface area contributed by atoms with Crippen molar-refractivity contribution in [1.29, 1.82) is 0 Å². The number of rotatable bonds is 3. The van der Waals surface area contributed by atoms with Crippen molar-refractivity contribution < 1.29 is 13.7 Å². The van der Waals surface area contributed by atoms with Crippen LogP contribution < -0.4 is 5.32 Å². The van der Waals surface area contributed by atoms with Crippen molar-refractivity contribution in [2.45, 2.75) is 6.10 Å². The zero-order valence-corrected chi connectivity index (χ0v) is 12.6. The first-order valence-electron chi connectivity index (χ1n) is 6.89. The van der Waals surface area contributed by atoms with Crippen LogP contribution in [0.25, 0.3) is 11.1 Å². The highest BCUT2D eigenvalue weighted by atomic mass is 32.2. The molecule has 22 heavy (non-hydrogen) atoms. The molecule has 5 heteroatoms. The van der Waals surface area contributed by atoms with Crippen molar-refractivity contribution in [1.82, 2.24) is 0 Å². The third-order valence-corrected chi connectivity index (χ3v) is 4.39. The minimum Gasteiger partial charge on any atom is -0.441 e. The molecule has 0 spiro atoms. The minimum atomic E-state index is -1.03. The van der Waals surface area contributed by atoms with Crippen LogP contribution >= 0.6 is 0 Å². The number of carbonyl (C=O) groups is 1. The molecule has 0 saturated heterocycles. The summed E-state index contributed by atoms with van der Waals surface area (Å²) in [6.07, 6.45) is 0.694. The number of hydrogen-bond donors (Lipinski definition) is 1. The van der Waals surface area contributed by atoms with E-state index < -0.39 is 23.0 Å². The van der Waals surface area contributed by atoms with E-state index in [1.165, 1.54) is 0 Å². The summed E-state index contributed by atoms with van der Waals surface area (Å²) in [5, 5.41) is 4.22. The molecule has 2 atom stereocenters. The number of benzene rings is 2. The zero-order chi connectivity index (χ0) is 15.4. The summed E-state index contributed by atoms with van der Waals surface area (Å²) in [5.41, 5.74) is 2.86. The molecule has 2 aromatic carbocycles. The lowest BCUT2D eigenvalue weighted by atomic mass is 10.1. The number of nitrogens with one attached hydrogen (secondary N) is 1. The zero-order valence-electron chi connectivity index (χ0n) is 11.8. The normalized spacial score (nSPS) is 19.8. The van der Waals surface area contributed by atoms with E-state index in [0.717, 1.165) is 11.1 Å². The number of anilines is 1. The van der Waals surface area contributed by atoms with E-state index in [1.807, 2.05) is 54.6 Å². The average molecular weight is 313 g/mol. The molecule has 0 bridgehead atoms. The molecule has 1 N–H and O–H groups in total. The molecule has 1 amide bonds. The van der Waals surface area contributed by atoms with Crippen LogP contribution in [-0.2, 0) is 15.5 Å². The van der Waals surface area contributed by atoms with Crippen LogP contribution in [-0.4, -0.2) is 22.2 Å². The standard InChI is InChI=1S/C17H15NO3S/c19-17(21-16-10-11-22(20)12-16)18-15-8-6-14(7-9-15)13-4-2-1-3-5-13/h1-11,16H,12H2,(H,18,19). The molecular weight excluding hydrogens is 298 g/mol. The molecule has 3 rings (SSSR count). The summed E-state index contributed by atoms with van der Waals surface area (Å²) in [7, 11) is -1.03. The van der Waals surface area contributed by atoms with E-state index in [4.69, 9.17) is 4.74 Å². The van der Waals surface area contributed by atoms with Gasteiger partial charge >= 0.3 is 6.09 Å². The fourth-order valence-corrected chi connectivity index (χ4v) is 3.15. The fraction of sp³-hybridized carbons (Fsp3) is 0.118. The first-order chi connectivity index (χ1) is 10.7. The van der Waals surface area contributed by atoms with E-state index in [9.17, 15) is 9.00 Å². The Balaban J connectivity index is 1.60. The third kappa shape index (κ3) is 3.62. The second-order valence-corrected chi connectivity index (χ2v) is 6.26. The molecule has 0 aliphatic carbocycles. The molecule has 1 aliphatic rings. The Labute approximate surface area is 131 Å². The quantitative estimate of drug-likeness (QED) is 0.943. The number of hydrogen-bond acceptors (Lipinski definition) is 3. The molecule has 0 aromatic heterocycles. The molecule has 0 saturated carbocycles. The molecule has 2 aromatic rings. The summed E-state index contributed by atoms with van der Waals surface area (Å²) in [6, 6.07) is 17.5. The lowest BCUT2D eigenvalue weighted by molar-refractivity contribution is 0.144. The third-order valence-electron chi connectivity index (χ3n) is 3.27. The summed E-state index contributed by atoms with van der Waals surface area (Å²) in [4.78, 5) is 11.8. The van der Waals surface area contributed by atoms with Crippen LogP contribution in [0.15, 0.2) is 66.1 Å². The molecule has 4 nitrogen and oxygen atoms in total. The van der Waals surface area contributed by atoms with Crippen LogP contribution in [0.4, 0.5) is 10.5 Å². The molecule has 0 fully saturated rings. The molecule has 1 heterocycles. The number of amides is 1. The molecule has 2 unspecified atom stereocenters. The maximum atomic E-state index is 11.8. The fourth-order valence-electron chi connectivity index (χ4n) is 2.18. The molecule has 0 radical (unpaired) electrons. The second kappa shape index (κ2) is 6.58. The number of carbonyl (C=O) groups excluding carboxylic acids is 1. The van der Waals surface area contributed by atoms with Gasteiger partial charge in [-0.25, -0.2) is 4.79 Å². The van der Waals surface area contributed by atoms with Gasteiger partial charge in [0.25, 0.3) is 0 Å². The van der Waals surface area contributed by atoms with Gasteiger partial charge in [-0.05, 0) is 29.3 Å². The monoisotopic (exact) mass is 313 g/mol. The Morgan fingerprint density at radius 1 is 1.05 bits per heavy atom. The van der Waals surface area contributed by atoms with Gasteiger partial charge in [-0.15, -0.1) is 0 Å². The van der Waals surface area contributed by atoms with Crippen molar-refractivity contribution in [2.24, 2.45) is 0 Å². The highest BCUT2D eigenvalue weighted by molar-refractivity contribution is 7.88. The van der Waals surface area contributed by atoms with Gasteiger partial charge in [-0.3, -0.25) is 9.53 Å². The Kier molecular flexibility index (Phi) is 4.34. The first-order valence-corrected chi connectivity index (χ1v) is 8.27. The molecule has 1 aliphatic heterocycles. The van der Waals surface area contributed by atoms with Crippen LogP contribution in [0.1, 0.15) is 0 Å². The second-order valence-electron chi connectivity index (χ2n) is 4.89. The highest BCUT2D eigenvalue weighted by Gasteiger charge is 2.18. The molecule has 112 valence electrons. The van der Waals surface area contributed by atoms with E-state index in [-0.39, 0.29) is 0 Å². The minimum absolute atomic E-state index is 0.334. The summed E-state index contributed by atoms with van der Waals surface area (Å²) < 4.78 is 16.3. The van der Waals surface area contributed by atoms with Gasteiger partial charge in [-0.1, -0.05) is 42.5 Å². The lowest BCUT2D eigenvalue weighted by Gasteiger charge is -2.11. The van der Waals surface area contributed by atoms with Gasteiger partial charge in [0.1, 0.15) is 6.10 Å². The van der Waals surface area contributed by atoms with E-state index >= 15 is 0 Å². The maximum Gasteiger partial charge on any atom is 0.412 e. The first kappa shape index (κ1) is 14.5. The van der Waals surface area contributed by atoms with E-state index in [2.05, 4.69) is 5.32 Å². The highest BCUT2D eigenvalue weighted by Crippen LogP contribution is 2.21. The summed E-state index contributed by atoms with van der Waals surface area (Å²) in [5.74, 6) is 0.334. The summed E-state index contributed by atoms with van der Waals surface area (Å²) in [6.45, 7) is 0. The van der Waals surface area contributed by atoms with Crippen LogP contribution in [0.2, 0.25) is 0 Å². The predicted octanol–water partition coefficient (Wildman–Crippen LogP) is 3.55. The van der Waals surface area contributed by atoms with Crippen LogP contribution in [0.3, 0.4) is 0 Å².